The molecule has 0 bridgehead atoms. The summed E-state index contributed by atoms with van der Waals surface area (Å²) >= 11 is 0. The highest BCUT2D eigenvalue weighted by atomic mass is 19.1. The van der Waals surface area contributed by atoms with Crippen molar-refractivity contribution < 1.29 is 9.13 Å². The first-order valence-electron chi connectivity index (χ1n) is 5.53. The van der Waals surface area contributed by atoms with E-state index in [0.29, 0.717) is 18.0 Å². The van der Waals surface area contributed by atoms with Crippen LogP contribution in [0, 0.1) is 5.82 Å². The van der Waals surface area contributed by atoms with Gasteiger partial charge in [0.15, 0.2) is 0 Å². The average Bonchev–Trinajstić information content (AvgIpc) is 2.41. The van der Waals surface area contributed by atoms with E-state index in [1.165, 1.54) is 6.07 Å². The van der Waals surface area contributed by atoms with Gasteiger partial charge in [-0.1, -0.05) is 24.3 Å². The van der Waals surface area contributed by atoms with Gasteiger partial charge in [-0.2, -0.15) is 0 Å². The molecule has 1 aromatic heterocycles. The summed E-state index contributed by atoms with van der Waals surface area (Å²) < 4.78 is 18.8. The minimum Gasteiger partial charge on any atom is -0.372 e. The van der Waals surface area contributed by atoms with Gasteiger partial charge in [-0.25, -0.2) is 15.2 Å². The minimum atomic E-state index is -0.263. The molecule has 1 aromatic carbocycles. The number of hydrogen-bond acceptors (Lipinski definition) is 4. The molecule has 0 unspecified atom stereocenters. The van der Waals surface area contributed by atoms with Gasteiger partial charge in [-0.05, 0) is 12.1 Å². The molecule has 0 spiro atoms. The van der Waals surface area contributed by atoms with Gasteiger partial charge in [0.2, 0.25) is 0 Å². The van der Waals surface area contributed by atoms with Crippen molar-refractivity contribution in [3.63, 3.8) is 0 Å². The van der Waals surface area contributed by atoms with Crippen molar-refractivity contribution in [3.8, 4) is 0 Å². The number of ether oxygens (including phenoxy) is 1. The Hall–Kier alpha value is -1.98. The lowest BCUT2D eigenvalue weighted by Crippen LogP contribution is -2.11. The lowest BCUT2D eigenvalue weighted by atomic mass is 10.2. The van der Waals surface area contributed by atoms with Gasteiger partial charge < -0.3 is 10.2 Å². The van der Waals surface area contributed by atoms with Gasteiger partial charge in [0.25, 0.3) is 0 Å². The van der Waals surface area contributed by atoms with E-state index in [2.05, 4.69) is 10.4 Å². The van der Waals surface area contributed by atoms with Crippen LogP contribution in [-0.4, -0.2) is 4.98 Å². The van der Waals surface area contributed by atoms with Crippen LogP contribution in [0.1, 0.15) is 11.1 Å². The zero-order chi connectivity index (χ0) is 12.8. The molecule has 0 fully saturated rings. The summed E-state index contributed by atoms with van der Waals surface area (Å²) in [5.41, 5.74) is 3.85. The summed E-state index contributed by atoms with van der Waals surface area (Å²) in [4.78, 5) is 4.05. The van der Waals surface area contributed by atoms with E-state index >= 15 is 0 Å². The van der Waals surface area contributed by atoms with Crippen molar-refractivity contribution in [1.29, 1.82) is 0 Å². The first-order valence-corrected chi connectivity index (χ1v) is 5.53. The summed E-state index contributed by atoms with van der Waals surface area (Å²) in [5.74, 6) is 5.63. The predicted octanol–water partition coefficient (Wildman–Crippen LogP) is 2.22. The molecule has 0 atom stereocenters. The Balaban J connectivity index is 1.95. The molecule has 3 N–H and O–H groups in total. The topological polar surface area (TPSA) is 60.2 Å². The lowest BCUT2D eigenvalue weighted by molar-refractivity contribution is 0.105. The molecule has 0 radical (unpaired) electrons. The Kier molecular flexibility index (Phi) is 4.22. The zero-order valence-electron chi connectivity index (χ0n) is 9.77. The van der Waals surface area contributed by atoms with E-state index in [4.69, 9.17) is 10.6 Å². The maximum atomic E-state index is 13.3. The molecule has 18 heavy (non-hydrogen) atoms. The highest BCUT2D eigenvalue weighted by molar-refractivity contribution is 5.41. The maximum absolute atomic E-state index is 13.3. The van der Waals surface area contributed by atoms with Crippen molar-refractivity contribution in [2.75, 3.05) is 5.43 Å². The van der Waals surface area contributed by atoms with Crippen molar-refractivity contribution in [1.82, 2.24) is 4.98 Å². The minimum absolute atomic E-state index is 0.214. The molecule has 0 aliphatic carbocycles. The Bertz CT molecular complexity index is 519. The third-order valence-electron chi connectivity index (χ3n) is 2.50. The largest absolute Gasteiger partial charge is 0.372 e. The van der Waals surface area contributed by atoms with Crippen LogP contribution < -0.4 is 11.3 Å². The first-order chi connectivity index (χ1) is 8.81. The van der Waals surface area contributed by atoms with Crippen LogP contribution in [0.25, 0.3) is 0 Å². The molecule has 2 aromatic rings. The van der Waals surface area contributed by atoms with Crippen LogP contribution >= 0.6 is 0 Å². The summed E-state index contributed by atoms with van der Waals surface area (Å²) in [7, 11) is 0. The maximum Gasteiger partial charge on any atom is 0.145 e. The third-order valence-corrected chi connectivity index (χ3v) is 2.50. The first kappa shape index (κ1) is 12.5. The van der Waals surface area contributed by atoms with Gasteiger partial charge in [0.05, 0.1) is 13.2 Å². The summed E-state index contributed by atoms with van der Waals surface area (Å²) in [6.45, 7) is 0.535. The third kappa shape index (κ3) is 3.03. The Morgan fingerprint density at radius 3 is 2.61 bits per heavy atom. The van der Waals surface area contributed by atoms with E-state index in [0.717, 1.165) is 5.56 Å². The molecule has 0 aliphatic heterocycles. The van der Waals surface area contributed by atoms with E-state index < -0.39 is 0 Å². The number of pyridine rings is 1. The average molecular weight is 247 g/mol. The van der Waals surface area contributed by atoms with Gasteiger partial charge in [-0.3, -0.25) is 0 Å². The second kappa shape index (κ2) is 6.09. The van der Waals surface area contributed by atoms with Crippen LogP contribution in [-0.2, 0) is 18.0 Å². The van der Waals surface area contributed by atoms with E-state index in [1.807, 2.05) is 6.07 Å². The number of hydrazine groups is 1. The number of nitrogens with one attached hydrogen (secondary N) is 1. The fourth-order valence-corrected chi connectivity index (χ4v) is 1.57. The number of nitrogens with two attached hydrogens (primary N) is 1. The fourth-order valence-electron chi connectivity index (χ4n) is 1.57. The molecule has 0 saturated carbocycles. The molecule has 0 aliphatic rings. The standard InChI is InChI=1S/C13H14FN3O/c14-12-6-2-1-4-10(12)8-18-9-11-5-3-7-16-13(11)17-15/h1-7H,8-9,15H2,(H,16,17). The second-order valence-corrected chi connectivity index (χ2v) is 3.74. The molecular formula is C13H14FN3O. The van der Waals surface area contributed by atoms with Crippen LogP contribution in [0.3, 0.4) is 0 Å². The summed E-state index contributed by atoms with van der Waals surface area (Å²) in [5, 5.41) is 0. The molecule has 5 heteroatoms. The Labute approximate surface area is 105 Å². The number of hydrogen-bond donors (Lipinski definition) is 2. The van der Waals surface area contributed by atoms with Crippen LogP contribution in [0.5, 0.6) is 0 Å². The van der Waals surface area contributed by atoms with Crippen LogP contribution in [0.4, 0.5) is 10.2 Å². The fraction of sp³-hybridized carbons (Fsp3) is 0.154. The second-order valence-electron chi connectivity index (χ2n) is 3.74. The highest BCUT2D eigenvalue weighted by Crippen LogP contribution is 2.13. The quantitative estimate of drug-likeness (QED) is 0.628. The van der Waals surface area contributed by atoms with Crippen molar-refractivity contribution in [3.05, 3.63) is 59.5 Å². The number of anilines is 1. The number of benzene rings is 1. The van der Waals surface area contributed by atoms with Crippen molar-refractivity contribution >= 4 is 5.82 Å². The van der Waals surface area contributed by atoms with E-state index in [9.17, 15) is 4.39 Å². The predicted molar refractivity (Wildman–Crippen MR) is 66.9 cm³/mol. The molecule has 1 heterocycles. The van der Waals surface area contributed by atoms with E-state index in [-0.39, 0.29) is 12.4 Å². The van der Waals surface area contributed by atoms with Crippen LogP contribution in [0.15, 0.2) is 42.6 Å². The number of nitrogens with zero attached hydrogens (tertiary/aromatic N) is 1. The lowest BCUT2D eigenvalue weighted by Gasteiger charge is -2.08. The highest BCUT2D eigenvalue weighted by Gasteiger charge is 2.04. The van der Waals surface area contributed by atoms with Gasteiger partial charge in [0, 0.05) is 17.3 Å². The number of rotatable bonds is 5. The number of nitrogen functional groups attached to an aromatic ring is 1. The van der Waals surface area contributed by atoms with Crippen LogP contribution in [0.2, 0.25) is 0 Å². The molecule has 0 amide bonds. The van der Waals surface area contributed by atoms with Crippen molar-refractivity contribution in [2.24, 2.45) is 5.84 Å². The van der Waals surface area contributed by atoms with Gasteiger partial charge in [0.1, 0.15) is 11.6 Å². The monoisotopic (exact) mass is 247 g/mol. The molecule has 94 valence electrons. The molecule has 4 nitrogen and oxygen atoms in total. The molecule has 2 rings (SSSR count). The van der Waals surface area contributed by atoms with Gasteiger partial charge >= 0.3 is 0 Å². The normalized spacial score (nSPS) is 10.3. The van der Waals surface area contributed by atoms with Crippen molar-refractivity contribution in [2.45, 2.75) is 13.2 Å². The van der Waals surface area contributed by atoms with E-state index in [1.54, 1.807) is 30.5 Å². The zero-order valence-corrected chi connectivity index (χ0v) is 9.77. The number of aromatic nitrogens is 1. The van der Waals surface area contributed by atoms with Gasteiger partial charge in [-0.15, -0.1) is 0 Å². The Morgan fingerprint density at radius 2 is 1.83 bits per heavy atom. The summed E-state index contributed by atoms with van der Waals surface area (Å²) in [6, 6.07) is 10.2. The SMILES string of the molecule is NNc1ncccc1COCc1ccccc1F. The smallest absolute Gasteiger partial charge is 0.145 e. The summed E-state index contributed by atoms with van der Waals surface area (Å²) in [6.07, 6.45) is 1.63. The molecular weight excluding hydrogens is 233 g/mol. The Morgan fingerprint density at radius 1 is 1.11 bits per heavy atom. The molecule has 0 saturated heterocycles. The number of halogens is 1.